The average Bonchev–Trinajstić information content (AvgIpc) is 2.23. The lowest BCUT2D eigenvalue weighted by molar-refractivity contribution is -0.00195. The van der Waals surface area contributed by atoms with Crippen LogP contribution in [0.4, 0.5) is 14.5 Å². The second-order valence-corrected chi connectivity index (χ2v) is 3.82. The van der Waals surface area contributed by atoms with Gasteiger partial charge >= 0.3 is 0 Å². The van der Waals surface area contributed by atoms with Gasteiger partial charge in [-0.2, -0.15) is 0 Å². The van der Waals surface area contributed by atoms with Crippen molar-refractivity contribution < 1.29 is 8.78 Å². The average molecular weight is 197 g/mol. The van der Waals surface area contributed by atoms with Crippen molar-refractivity contribution >= 4 is 5.69 Å². The maximum atomic E-state index is 13.2. The van der Waals surface area contributed by atoms with Crippen molar-refractivity contribution in [3.63, 3.8) is 0 Å². The third kappa shape index (κ3) is 1.72. The summed E-state index contributed by atoms with van der Waals surface area (Å²) in [6.07, 6.45) is -0.224. The lowest BCUT2D eigenvalue weighted by Gasteiger charge is -2.12. The van der Waals surface area contributed by atoms with E-state index in [9.17, 15) is 8.78 Å². The fourth-order valence-electron chi connectivity index (χ4n) is 1.87. The van der Waals surface area contributed by atoms with Gasteiger partial charge in [0.05, 0.1) is 0 Å². The molecule has 76 valence electrons. The molecule has 0 amide bonds. The van der Waals surface area contributed by atoms with E-state index in [0.29, 0.717) is 6.54 Å². The Labute approximate surface area is 82.1 Å². The Bertz CT molecular complexity index is 347. The number of anilines is 1. The number of rotatable bonds is 0. The van der Waals surface area contributed by atoms with Gasteiger partial charge in [-0.05, 0) is 18.1 Å². The standard InChI is InChI=1S/C11H13F2N/c1-8-3-2-4-9-7-11(12,13)5-6-14-10(8)9/h2-4,14H,5-7H2,1H3. The Morgan fingerprint density at radius 2 is 2.14 bits per heavy atom. The van der Waals surface area contributed by atoms with Gasteiger partial charge in [0.15, 0.2) is 0 Å². The molecule has 0 aliphatic carbocycles. The molecule has 2 rings (SSSR count). The monoisotopic (exact) mass is 197 g/mol. The number of alkyl halides is 2. The van der Waals surface area contributed by atoms with Gasteiger partial charge in [0.2, 0.25) is 0 Å². The maximum absolute atomic E-state index is 13.2. The molecule has 1 aromatic rings. The van der Waals surface area contributed by atoms with Crippen LogP contribution in [0.3, 0.4) is 0 Å². The van der Waals surface area contributed by atoms with Crippen LogP contribution < -0.4 is 5.32 Å². The van der Waals surface area contributed by atoms with E-state index in [1.165, 1.54) is 0 Å². The lowest BCUT2D eigenvalue weighted by Crippen LogP contribution is -2.19. The summed E-state index contributed by atoms with van der Waals surface area (Å²) in [6.45, 7) is 2.29. The zero-order valence-corrected chi connectivity index (χ0v) is 8.11. The molecule has 0 saturated heterocycles. The van der Waals surface area contributed by atoms with Gasteiger partial charge in [-0.1, -0.05) is 18.2 Å². The lowest BCUT2D eigenvalue weighted by atomic mass is 10.0. The van der Waals surface area contributed by atoms with Gasteiger partial charge in [0, 0.05) is 25.1 Å². The Hall–Kier alpha value is -1.12. The summed E-state index contributed by atoms with van der Waals surface area (Å²) in [4.78, 5) is 0. The molecule has 0 atom stereocenters. The first kappa shape index (κ1) is 9.44. The molecule has 1 aliphatic rings. The van der Waals surface area contributed by atoms with Gasteiger partial charge in [-0.15, -0.1) is 0 Å². The van der Waals surface area contributed by atoms with Crippen LogP contribution in [0.5, 0.6) is 0 Å². The van der Waals surface area contributed by atoms with E-state index in [0.717, 1.165) is 16.8 Å². The predicted octanol–water partition coefficient (Wildman–Crippen LogP) is 2.99. The number of hydrogen-bond donors (Lipinski definition) is 1. The van der Waals surface area contributed by atoms with Crippen LogP contribution in [-0.2, 0) is 6.42 Å². The van der Waals surface area contributed by atoms with Crippen LogP contribution in [0.2, 0.25) is 0 Å². The highest BCUT2D eigenvalue weighted by atomic mass is 19.3. The van der Waals surface area contributed by atoms with Crippen molar-refractivity contribution in [3.05, 3.63) is 29.3 Å². The number of benzene rings is 1. The molecule has 0 aromatic heterocycles. The van der Waals surface area contributed by atoms with Crippen molar-refractivity contribution in [1.29, 1.82) is 0 Å². The summed E-state index contributed by atoms with van der Waals surface area (Å²) in [7, 11) is 0. The fourth-order valence-corrected chi connectivity index (χ4v) is 1.87. The summed E-state index contributed by atoms with van der Waals surface area (Å²) in [6, 6.07) is 5.54. The maximum Gasteiger partial charge on any atom is 0.253 e. The molecule has 1 N–H and O–H groups in total. The molecule has 3 heteroatoms. The van der Waals surface area contributed by atoms with Crippen LogP contribution in [0, 0.1) is 6.92 Å². The number of aryl methyl sites for hydroxylation is 1. The van der Waals surface area contributed by atoms with E-state index in [-0.39, 0.29) is 12.8 Å². The highest BCUT2D eigenvalue weighted by Gasteiger charge is 2.32. The Morgan fingerprint density at radius 1 is 1.36 bits per heavy atom. The van der Waals surface area contributed by atoms with Crippen LogP contribution in [0.25, 0.3) is 0 Å². The summed E-state index contributed by atoms with van der Waals surface area (Å²) in [5.41, 5.74) is 2.66. The normalized spacial score (nSPS) is 19.4. The highest BCUT2D eigenvalue weighted by molar-refractivity contribution is 5.58. The molecular weight excluding hydrogens is 184 g/mol. The SMILES string of the molecule is Cc1cccc2c1NCCC(F)(F)C2. The second-order valence-electron chi connectivity index (χ2n) is 3.82. The van der Waals surface area contributed by atoms with E-state index < -0.39 is 5.92 Å². The second kappa shape index (κ2) is 3.23. The van der Waals surface area contributed by atoms with E-state index >= 15 is 0 Å². The van der Waals surface area contributed by atoms with Crippen molar-refractivity contribution in [2.45, 2.75) is 25.7 Å². The molecular formula is C11H13F2N. The van der Waals surface area contributed by atoms with E-state index in [2.05, 4.69) is 5.32 Å². The molecule has 0 radical (unpaired) electrons. The molecule has 1 heterocycles. The smallest absolute Gasteiger partial charge is 0.253 e. The van der Waals surface area contributed by atoms with Crippen LogP contribution >= 0.6 is 0 Å². The van der Waals surface area contributed by atoms with Crippen molar-refractivity contribution in [3.8, 4) is 0 Å². The van der Waals surface area contributed by atoms with Gasteiger partial charge < -0.3 is 5.32 Å². The number of nitrogens with one attached hydrogen (secondary N) is 1. The zero-order chi connectivity index (χ0) is 10.2. The Kier molecular flexibility index (Phi) is 2.17. The molecule has 1 nitrogen and oxygen atoms in total. The fraction of sp³-hybridized carbons (Fsp3) is 0.455. The molecule has 1 aromatic carbocycles. The summed E-state index contributed by atoms with van der Waals surface area (Å²) >= 11 is 0. The summed E-state index contributed by atoms with van der Waals surface area (Å²) in [5.74, 6) is -2.56. The van der Waals surface area contributed by atoms with Gasteiger partial charge in [0.1, 0.15) is 0 Å². The quantitative estimate of drug-likeness (QED) is 0.674. The van der Waals surface area contributed by atoms with Gasteiger partial charge in [-0.3, -0.25) is 0 Å². The van der Waals surface area contributed by atoms with E-state index in [1.807, 2.05) is 19.1 Å². The Balaban J connectivity index is 2.42. The molecule has 1 aliphatic heterocycles. The minimum atomic E-state index is -2.56. The third-order valence-electron chi connectivity index (χ3n) is 2.60. The highest BCUT2D eigenvalue weighted by Crippen LogP contribution is 2.32. The van der Waals surface area contributed by atoms with Crippen LogP contribution in [0.15, 0.2) is 18.2 Å². The van der Waals surface area contributed by atoms with Gasteiger partial charge in [0.25, 0.3) is 5.92 Å². The molecule has 0 bridgehead atoms. The van der Waals surface area contributed by atoms with Crippen molar-refractivity contribution in [2.75, 3.05) is 11.9 Å². The first-order chi connectivity index (χ1) is 6.58. The first-order valence-electron chi connectivity index (χ1n) is 4.79. The molecule has 0 spiro atoms. The number of hydrogen-bond acceptors (Lipinski definition) is 1. The van der Waals surface area contributed by atoms with E-state index in [1.54, 1.807) is 6.07 Å². The number of para-hydroxylation sites is 1. The number of halogens is 2. The third-order valence-corrected chi connectivity index (χ3v) is 2.60. The first-order valence-corrected chi connectivity index (χ1v) is 4.79. The summed E-state index contributed by atoms with van der Waals surface area (Å²) < 4.78 is 26.5. The zero-order valence-electron chi connectivity index (χ0n) is 8.11. The van der Waals surface area contributed by atoms with E-state index in [4.69, 9.17) is 0 Å². The summed E-state index contributed by atoms with van der Waals surface area (Å²) in [5, 5.41) is 3.07. The molecule has 14 heavy (non-hydrogen) atoms. The van der Waals surface area contributed by atoms with Crippen molar-refractivity contribution in [1.82, 2.24) is 0 Å². The predicted molar refractivity (Wildman–Crippen MR) is 52.9 cm³/mol. The number of fused-ring (bicyclic) bond motifs is 1. The minimum Gasteiger partial charge on any atom is -0.384 e. The van der Waals surface area contributed by atoms with Crippen LogP contribution in [-0.4, -0.2) is 12.5 Å². The Morgan fingerprint density at radius 3 is 2.93 bits per heavy atom. The van der Waals surface area contributed by atoms with Gasteiger partial charge in [-0.25, -0.2) is 8.78 Å². The molecule has 0 saturated carbocycles. The van der Waals surface area contributed by atoms with Crippen LogP contribution in [0.1, 0.15) is 17.5 Å². The topological polar surface area (TPSA) is 12.0 Å². The molecule has 0 fully saturated rings. The molecule has 0 unspecified atom stereocenters. The largest absolute Gasteiger partial charge is 0.384 e. The van der Waals surface area contributed by atoms with Crippen molar-refractivity contribution in [2.24, 2.45) is 0 Å². The minimum absolute atomic E-state index is 0.0822.